The second-order valence-corrected chi connectivity index (χ2v) is 17.4. The first kappa shape index (κ1) is 57.6. The molecule has 0 saturated carbocycles. The Bertz CT molecular complexity index is 1020. The maximum absolute atomic E-state index is 12.8. The molecule has 0 spiro atoms. The van der Waals surface area contributed by atoms with Gasteiger partial charge in [-0.05, 0) is 96.3 Å². The third-order valence-corrected chi connectivity index (χ3v) is 11.3. The van der Waals surface area contributed by atoms with Gasteiger partial charge in [0.15, 0.2) is 6.10 Å². The lowest BCUT2D eigenvalue weighted by molar-refractivity contribution is -0.167. The fraction of sp³-hybridized carbons (Fsp3) is 0.833. The summed E-state index contributed by atoms with van der Waals surface area (Å²) in [5.41, 5.74) is 0. The molecule has 0 amide bonds. The van der Waals surface area contributed by atoms with Crippen LogP contribution in [0.4, 0.5) is 0 Å². The number of allylic oxidation sites excluding steroid dienone is 6. The molecule has 0 fully saturated rings. The largest absolute Gasteiger partial charge is 0.462 e. The van der Waals surface area contributed by atoms with Crippen molar-refractivity contribution in [3.8, 4) is 0 Å². The minimum absolute atomic E-state index is 0.0810. The highest BCUT2D eigenvalue weighted by Gasteiger charge is 2.19. The predicted octanol–water partition coefficient (Wildman–Crippen LogP) is 16.9. The van der Waals surface area contributed by atoms with Gasteiger partial charge in [0.05, 0.1) is 0 Å². The van der Waals surface area contributed by atoms with E-state index in [4.69, 9.17) is 14.2 Å². The van der Waals surface area contributed by atoms with Gasteiger partial charge in [-0.3, -0.25) is 14.4 Å². The summed E-state index contributed by atoms with van der Waals surface area (Å²) in [6.45, 7) is 6.60. The number of esters is 3. The van der Waals surface area contributed by atoms with E-state index in [-0.39, 0.29) is 31.1 Å². The highest BCUT2D eigenvalue weighted by atomic mass is 16.6. The molecule has 0 rings (SSSR count). The lowest BCUT2D eigenvalue weighted by atomic mass is 10.1. The summed E-state index contributed by atoms with van der Waals surface area (Å²) < 4.78 is 16.8. The van der Waals surface area contributed by atoms with Crippen LogP contribution in [0, 0.1) is 0 Å². The van der Waals surface area contributed by atoms with Gasteiger partial charge in [0.2, 0.25) is 0 Å². The Morgan fingerprint density at radius 1 is 0.317 bits per heavy atom. The van der Waals surface area contributed by atoms with Crippen molar-refractivity contribution in [3.63, 3.8) is 0 Å². The van der Waals surface area contributed by atoms with Crippen LogP contribution in [0.2, 0.25) is 0 Å². The second-order valence-electron chi connectivity index (χ2n) is 17.4. The summed E-state index contributed by atoms with van der Waals surface area (Å²) in [7, 11) is 0. The minimum atomic E-state index is -0.781. The number of hydrogen-bond acceptors (Lipinski definition) is 6. The van der Waals surface area contributed by atoms with Crippen LogP contribution in [-0.4, -0.2) is 37.2 Å². The Hall–Kier alpha value is -2.37. The van der Waals surface area contributed by atoms with Crippen molar-refractivity contribution in [2.75, 3.05) is 13.2 Å². The monoisotopic (exact) mass is 843 g/mol. The molecule has 350 valence electrons. The number of hydrogen-bond donors (Lipinski definition) is 0. The fourth-order valence-corrected chi connectivity index (χ4v) is 7.37. The summed E-state index contributed by atoms with van der Waals surface area (Å²) in [6.07, 6.45) is 56.9. The first-order valence-corrected chi connectivity index (χ1v) is 26.0. The third kappa shape index (κ3) is 46.7. The van der Waals surface area contributed by atoms with Gasteiger partial charge >= 0.3 is 17.9 Å². The quantitative estimate of drug-likeness (QED) is 0.0263. The molecule has 0 radical (unpaired) electrons. The van der Waals surface area contributed by atoms with Crippen molar-refractivity contribution >= 4 is 17.9 Å². The third-order valence-electron chi connectivity index (χ3n) is 11.3. The SMILES string of the molecule is CCCCCCC=CCCCCCCCCCC(=O)OCC(COC(=O)CCCCCC=CCCCCCCCC)OC(=O)CCCCCCCC=CCCCCCCC. The van der Waals surface area contributed by atoms with Gasteiger partial charge in [0.1, 0.15) is 13.2 Å². The summed E-state index contributed by atoms with van der Waals surface area (Å²) in [5, 5.41) is 0. The molecule has 0 bridgehead atoms. The molecule has 1 atom stereocenters. The Morgan fingerprint density at radius 3 is 0.867 bits per heavy atom. The average Bonchev–Trinajstić information content (AvgIpc) is 3.24. The number of ether oxygens (including phenoxy) is 3. The smallest absolute Gasteiger partial charge is 0.306 e. The van der Waals surface area contributed by atoms with Crippen LogP contribution in [0.25, 0.3) is 0 Å². The first-order valence-electron chi connectivity index (χ1n) is 26.0. The van der Waals surface area contributed by atoms with Gasteiger partial charge < -0.3 is 14.2 Å². The van der Waals surface area contributed by atoms with Crippen molar-refractivity contribution in [3.05, 3.63) is 36.5 Å². The van der Waals surface area contributed by atoms with Crippen LogP contribution in [0.5, 0.6) is 0 Å². The Morgan fingerprint density at radius 2 is 0.550 bits per heavy atom. The Labute approximate surface area is 372 Å². The van der Waals surface area contributed by atoms with E-state index in [9.17, 15) is 14.4 Å². The fourth-order valence-electron chi connectivity index (χ4n) is 7.37. The standard InChI is InChI=1S/C54H98O6/c1-4-7-10-13-16-19-22-25-27-30-32-35-38-41-44-47-53(56)59-50-51(49-58-52(55)46-43-40-37-34-31-28-24-21-18-15-12-9-6-3)60-54(57)48-45-42-39-36-33-29-26-23-20-17-14-11-8-5-2/h19,22-23,26,28,31,51H,4-18,20-21,24-25,27,29-30,32-50H2,1-3H3. The van der Waals surface area contributed by atoms with Gasteiger partial charge in [-0.1, -0.05) is 192 Å². The Kier molecular flexibility index (Phi) is 47.3. The summed E-state index contributed by atoms with van der Waals surface area (Å²) in [6, 6.07) is 0. The van der Waals surface area contributed by atoms with Gasteiger partial charge in [0.25, 0.3) is 0 Å². The average molecular weight is 843 g/mol. The molecular formula is C54H98O6. The molecule has 0 aliphatic rings. The summed E-state index contributed by atoms with van der Waals surface area (Å²) >= 11 is 0. The number of carbonyl (C=O) groups is 3. The summed E-state index contributed by atoms with van der Waals surface area (Å²) in [5.74, 6) is -0.902. The molecule has 0 aliphatic carbocycles. The van der Waals surface area contributed by atoms with Gasteiger partial charge in [-0.25, -0.2) is 0 Å². The highest BCUT2D eigenvalue weighted by Crippen LogP contribution is 2.14. The lowest BCUT2D eigenvalue weighted by Crippen LogP contribution is -2.30. The number of carbonyl (C=O) groups excluding carboxylic acids is 3. The molecule has 0 heterocycles. The maximum atomic E-state index is 12.8. The highest BCUT2D eigenvalue weighted by molar-refractivity contribution is 5.71. The molecule has 6 nitrogen and oxygen atoms in total. The van der Waals surface area contributed by atoms with E-state index < -0.39 is 6.10 Å². The zero-order valence-corrected chi connectivity index (χ0v) is 40.0. The van der Waals surface area contributed by atoms with Gasteiger partial charge in [-0.2, -0.15) is 0 Å². The second kappa shape index (κ2) is 49.3. The minimum Gasteiger partial charge on any atom is -0.462 e. The molecule has 60 heavy (non-hydrogen) atoms. The number of rotatable bonds is 47. The molecule has 0 aromatic heterocycles. The van der Waals surface area contributed by atoms with Crippen LogP contribution in [0.3, 0.4) is 0 Å². The predicted molar refractivity (Wildman–Crippen MR) is 256 cm³/mol. The molecule has 0 aromatic carbocycles. The van der Waals surface area contributed by atoms with Crippen molar-refractivity contribution < 1.29 is 28.6 Å². The number of unbranched alkanes of at least 4 members (excludes halogenated alkanes) is 30. The van der Waals surface area contributed by atoms with Crippen molar-refractivity contribution in [2.24, 2.45) is 0 Å². The van der Waals surface area contributed by atoms with Crippen LogP contribution < -0.4 is 0 Å². The van der Waals surface area contributed by atoms with E-state index in [0.717, 1.165) is 83.5 Å². The van der Waals surface area contributed by atoms with E-state index in [1.807, 2.05) is 0 Å². The van der Waals surface area contributed by atoms with Crippen LogP contribution in [0.15, 0.2) is 36.5 Å². The van der Waals surface area contributed by atoms with Gasteiger partial charge in [-0.15, -0.1) is 0 Å². The van der Waals surface area contributed by atoms with Crippen LogP contribution in [0.1, 0.15) is 271 Å². The molecular weight excluding hydrogens is 745 g/mol. The van der Waals surface area contributed by atoms with E-state index in [1.165, 1.54) is 148 Å². The van der Waals surface area contributed by atoms with E-state index in [0.29, 0.717) is 19.3 Å². The topological polar surface area (TPSA) is 78.9 Å². The molecule has 0 saturated heterocycles. The first-order chi connectivity index (χ1) is 29.5. The summed E-state index contributed by atoms with van der Waals surface area (Å²) in [4.78, 5) is 37.9. The van der Waals surface area contributed by atoms with Crippen molar-refractivity contribution in [2.45, 2.75) is 277 Å². The molecule has 0 aliphatic heterocycles. The molecule has 0 aromatic rings. The molecule has 0 N–H and O–H groups in total. The molecule has 1 unspecified atom stereocenters. The van der Waals surface area contributed by atoms with Crippen LogP contribution in [-0.2, 0) is 28.6 Å². The molecule has 6 heteroatoms. The normalized spacial score (nSPS) is 12.2. The zero-order valence-electron chi connectivity index (χ0n) is 40.0. The van der Waals surface area contributed by atoms with Crippen LogP contribution >= 0.6 is 0 Å². The maximum Gasteiger partial charge on any atom is 0.306 e. The van der Waals surface area contributed by atoms with Crippen molar-refractivity contribution in [1.29, 1.82) is 0 Å². The zero-order chi connectivity index (χ0) is 43.7. The Balaban J connectivity index is 4.39. The van der Waals surface area contributed by atoms with E-state index in [2.05, 4.69) is 57.2 Å². The van der Waals surface area contributed by atoms with Crippen molar-refractivity contribution in [1.82, 2.24) is 0 Å². The lowest BCUT2D eigenvalue weighted by Gasteiger charge is -2.18. The van der Waals surface area contributed by atoms with Gasteiger partial charge in [0, 0.05) is 19.3 Å². The van der Waals surface area contributed by atoms with E-state index >= 15 is 0 Å². The van der Waals surface area contributed by atoms with E-state index in [1.54, 1.807) is 0 Å².